The van der Waals surface area contributed by atoms with Gasteiger partial charge < -0.3 is 24.8 Å². The molecule has 1 aromatic heterocycles. The zero-order valence-electron chi connectivity index (χ0n) is 18.4. The van der Waals surface area contributed by atoms with E-state index in [9.17, 15) is 18.0 Å². The van der Waals surface area contributed by atoms with Gasteiger partial charge in [-0.1, -0.05) is 23.7 Å². The van der Waals surface area contributed by atoms with Gasteiger partial charge in [0.2, 0.25) is 5.95 Å². The molecule has 2 aromatic carbocycles. The lowest BCUT2D eigenvalue weighted by Gasteiger charge is -2.28. The Hall–Kier alpha value is -3.57. The number of aromatic nitrogens is 2. The number of rotatable bonds is 8. The molecule has 4 rings (SSSR count). The van der Waals surface area contributed by atoms with Crippen molar-refractivity contribution < 1.29 is 32.2 Å². The number of esters is 1. The molecule has 0 bridgehead atoms. The van der Waals surface area contributed by atoms with Crippen molar-refractivity contribution in [3.05, 3.63) is 64.9 Å². The minimum Gasteiger partial charge on any atom is -0.486 e. The summed E-state index contributed by atoms with van der Waals surface area (Å²) in [7, 11) is 1.26. The van der Waals surface area contributed by atoms with Crippen molar-refractivity contribution in [3.63, 3.8) is 0 Å². The second-order valence-corrected chi connectivity index (χ2v) is 7.95. The van der Waals surface area contributed by atoms with E-state index in [1.807, 2.05) is 0 Å². The van der Waals surface area contributed by atoms with Crippen LogP contribution < -0.4 is 20.1 Å². The monoisotopic (exact) mass is 508 g/mol. The van der Waals surface area contributed by atoms with Gasteiger partial charge in [0.15, 0.2) is 0 Å². The average Bonchev–Trinajstić information content (AvgIpc) is 2.80. The molecule has 184 valence electrons. The third-order valence-corrected chi connectivity index (χ3v) is 5.44. The SMILES string of the molecule is COC(=O)c1cc(-c2cnc(NCc3cccc(OC(F)(F)F)c3)nc2)cc(OC2CNC2)c1Cl. The lowest BCUT2D eigenvalue weighted by atomic mass is 10.0. The van der Waals surface area contributed by atoms with Gasteiger partial charge >= 0.3 is 12.3 Å². The van der Waals surface area contributed by atoms with E-state index in [0.29, 0.717) is 35.5 Å². The molecule has 3 aromatic rings. The molecule has 1 aliphatic heterocycles. The first-order valence-electron chi connectivity index (χ1n) is 10.4. The molecule has 0 spiro atoms. The highest BCUT2D eigenvalue weighted by Gasteiger charge is 2.31. The van der Waals surface area contributed by atoms with Crippen LogP contribution in [0.2, 0.25) is 5.02 Å². The minimum absolute atomic E-state index is 0.0592. The summed E-state index contributed by atoms with van der Waals surface area (Å²) in [6, 6.07) is 8.86. The van der Waals surface area contributed by atoms with E-state index in [1.54, 1.807) is 18.2 Å². The van der Waals surface area contributed by atoms with Crippen LogP contribution in [-0.2, 0) is 11.3 Å². The molecule has 35 heavy (non-hydrogen) atoms. The summed E-state index contributed by atoms with van der Waals surface area (Å²) in [5.74, 6) is -0.313. The van der Waals surface area contributed by atoms with Gasteiger partial charge in [-0.15, -0.1) is 13.2 Å². The van der Waals surface area contributed by atoms with Crippen molar-refractivity contribution in [2.24, 2.45) is 0 Å². The first-order chi connectivity index (χ1) is 16.7. The van der Waals surface area contributed by atoms with Gasteiger partial charge in [0.25, 0.3) is 0 Å². The number of carbonyl (C=O) groups is 1. The number of carbonyl (C=O) groups excluding carboxylic acids is 1. The Morgan fingerprint density at radius 3 is 2.54 bits per heavy atom. The molecule has 1 saturated heterocycles. The molecule has 1 aliphatic rings. The van der Waals surface area contributed by atoms with E-state index in [-0.39, 0.29) is 34.9 Å². The summed E-state index contributed by atoms with van der Waals surface area (Å²) >= 11 is 6.38. The van der Waals surface area contributed by atoms with Crippen molar-refractivity contribution in [1.29, 1.82) is 0 Å². The van der Waals surface area contributed by atoms with Crippen molar-refractivity contribution in [2.45, 2.75) is 19.0 Å². The number of halogens is 4. The minimum atomic E-state index is -4.76. The summed E-state index contributed by atoms with van der Waals surface area (Å²) in [6.45, 7) is 1.51. The van der Waals surface area contributed by atoms with Crippen LogP contribution in [0, 0.1) is 0 Å². The molecule has 2 heterocycles. The van der Waals surface area contributed by atoms with Crippen molar-refractivity contribution >= 4 is 23.5 Å². The lowest BCUT2D eigenvalue weighted by molar-refractivity contribution is -0.274. The molecule has 0 amide bonds. The highest BCUT2D eigenvalue weighted by molar-refractivity contribution is 6.35. The van der Waals surface area contributed by atoms with Gasteiger partial charge in [0.1, 0.15) is 17.6 Å². The number of ether oxygens (including phenoxy) is 3. The van der Waals surface area contributed by atoms with E-state index in [0.717, 1.165) is 0 Å². The van der Waals surface area contributed by atoms with Crippen LogP contribution in [0.5, 0.6) is 11.5 Å². The maximum Gasteiger partial charge on any atom is 0.573 e. The average molecular weight is 509 g/mol. The number of alkyl halides is 3. The van der Waals surface area contributed by atoms with E-state index in [1.165, 1.54) is 37.7 Å². The first kappa shape index (κ1) is 24.6. The van der Waals surface area contributed by atoms with E-state index < -0.39 is 12.3 Å². The van der Waals surface area contributed by atoms with Crippen molar-refractivity contribution in [2.75, 3.05) is 25.5 Å². The van der Waals surface area contributed by atoms with E-state index in [2.05, 4.69) is 25.3 Å². The highest BCUT2D eigenvalue weighted by atomic mass is 35.5. The maximum absolute atomic E-state index is 12.4. The van der Waals surface area contributed by atoms with Crippen LogP contribution in [0.1, 0.15) is 15.9 Å². The van der Waals surface area contributed by atoms with Crippen LogP contribution >= 0.6 is 11.6 Å². The zero-order chi connectivity index (χ0) is 25.0. The molecule has 2 N–H and O–H groups in total. The van der Waals surface area contributed by atoms with Gasteiger partial charge in [-0.05, 0) is 35.4 Å². The lowest BCUT2D eigenvalue weighted by Crippen LogP contribution is -2.50. The molecule has 0 aliphatic carbocycles. The predicted molar refractivity (Wildman–Crippen MR) is 122 cm³/mol. The fourth-order valence-electron chi connectivity index (χ4n) is 3.24. The molecular weight excluding hydrogens is 489 g/mol. The van der Waals surface area contributed by atoms with Crippen LogP contribution in [0.4, 0.5) is 19.1 Å². The molecular formula is C23H20ClF3N4O4. The van der Waals surface area contributed by atoms with E-state index in [4.69, 9.17) is 21.1 Å². The predicted octanol–water partition coefficient (Wildman–Crippen LogP) is 4.44. The number of benzene rings is 2. The number of nitrogens with zero attached hydrogens (tertiary/aromatic N) is 2. The Morgan fingerprint density at radius 1 is 1.17 bits per heavy atom. The van der Waals surface area contributed by atoms with Gasteiger partial charge in [0, 0.05) is 37.6 Å². The fourth-order valence-corrected chi connectivity index (χ4v) is 3.47. The summed E-state index contributed by atoms with van der Waals surface area (Å²) < 4.78 is 51.9. The number of hydrogen-bond donors (Lipinski definition) is 2. The van der Waals surface area contributed by atoms with Crippen LogP contribution in [0.15, 0.2) is 48.8 Å². The van der Waals surface area contributed by atoms with E-state index >= 15 is 0 Å². The second kappa shape index (κ2) is 10.4. The summed E-state index contributed by atoms with van der Waals surface area (Å²) in [5.41, 5.74) is 1.89. The zero-order valence-corrected chi connectivity index (χ0v) is 19.1. The molecule has 12 heteroatoms. The topological polar surface area (TPSA) is 94.6 Å². The molecule has 0 saturated carbocycles. The van der Waals surface area contributed by atoms with Crippen LogP contribution in [0.25, 0.3) is 11.1 Å². The summed E-state index contributed by atoms with van der Waals surface area (Å²) in [5, 5.41) is 6.20. The number of nitrogens with one attached hydrogen (secondary N) is 2. The molecule has 0 radical (unpaired) electrons. The van der Waals surface area contributed by atoms with Gasteiger partial charge in [-0.25, -0.2) is 14.8 Å². The third-order valence-electron chi connectivity index (χ3n) is 5.05. The number of hydrogen-bond acceptors (Lipinski definition) is 8. The summed E-state index contributed by atoms with van der Waals surface area (Å²) in [6.07, 6.45) is -1.74. The van der Waals surface area contributed by atoms with Gasteiger partial charge in [0.05, 0.1) is 17.7 Å². The van der Waals surface area contributed by atoms with Crippen molar-refractivity contribution in [1.82, 2.24) is 15.3 Å². The van der Waals surface area contributed by atoms with Crippen molar-refractivity contribution in [3.8, 4) is 22.6 Å². The molecule has 0 unspecified atom stereocenters. The number of anilines is 1. The quantitative estimate of drug-likeness (QED) is 0.431. The Bertz CT molecular complexity index is 1200. The maximum atomic E-state index is 12.4. The molecule has 8 nitrogen and oxygen atoms in total. The second-order valence-electron chi connectivity index (χ2n) is 7.57. The Morgan fingerprint density at radius 2 is 1.91 bits per heavy atom. The summed E-state index contributed by atoms with van der Waals surface area (Å²) in [4.78, 5) is 20.7. The standard InChI is InChI=1S/C23H20ClF3N4O4/c1-33-21(32)18-6-14(7-19(20(18)24)34-17-11-28-12-17)15-9-30-22(31-10-15)29-8-13-3-2-4-16(5-13)35-23(25,26)27/h2-7,9-10,17,28H,8,11-12H2,1H3,(H,29,30,31). The Balaban J connectivity index is 1.50. The number of methoxy groups -OCH3 is 1. The highest BCUT2D eigenvalue weighted by Crippen LogP contribution is 2.35. The van der Waals surface area contributed by atoms with Crippen LogP contribution in [0.3, 0.4) is 0 Å². The largest absolute Gasteiger partial charge is 0.573 e. The molecule has 0 atom stereocenters. The van der Waals surface area contributed by atoms with Gasteiger partial charge in [-0.3, -0.25) is 0 Å². The normalized spacial score (nSPS) is 13.6. The Labute approximate surface area is 203 Å². The smallest absolute Gasteiger partial charge is 0.486 e. The van der Waals surface area contributed by atoms with Crippen LogP contribution in [-0.4, -0.2) is 48.6 Å². The third kappa shape index (κ3) is 6.31. The Kier molecular flexibility index (Phi) is 7.27. The first-order valence-corrected chi connectivity index (χ1v) is 10.8. The molecule has 1 fully saturated rings. The van der Waals surface area contributed by atoms with Gasteiger partial charge in [-0.2, -0.15) is 0 Å². The fraction of sp³-hybridized carbons (Fsp3) is 0.261.